The zero-order valence-corrected chi connectivity index (χ0v) is 15.7. The van der Waals surface area contributed by atoms with Crippen LogP contribution in [0.1, 0.15) is 32.6 Å². The van der Waals surface area contributed by atoms with Crippen LogP contribution in [0.4, 0.5) is 5.69 Å². The van der Waals surface area contributed by atoms with Crippen LogP contribution in [-0.4, -0.2) is 37.5 Å². The van der Waals surface area contributed by atoms with E-state index in [9.17, 15) is 9.59 Å². The lowest BCUT2D eigenvalue weighted by molar-refractivity contribution is -0.125. The maximum Gasteiger partial charge on any atom is 0.243 e. The molecule has 2 rings (SSSR count). The van der Waals surface area contributed by atoms with Gasteiger partial charge in [0, 0.05) is 10.2 Å². The lowest BCUT2D eigenvalue weighted by Crippen LogP contribution is -2.43. The van der Waals surface area contributed by atoms with Gasteiger partial charge in [-0.3, -0.25) is 9.59 Å². The summed E-state index contributed by atoms with van der Waals surface area (Å²) in [5.74, 6) is -0.341. The van der Waals surface area contributed by atoms with Gasteiger partial charge < -0.3 is 21.7 Å². The molecule has 1 aliphatic rings. The van der Waals surface area contributed by atoms with Crippen molar-refractivity contribution in [3.05, 3.63) is 28.7 Å². The second kappa shape index (κ2) is 12.0. The molecule has 0 aliphatic carbocycles. The normalized spacial score (nSPS) is 16.0. The van der Waals surface area contributed by atoms with Crippen molar-refractivity contribution in [1.82, 2.24) is 10.6 Å². The van der Waals surface area contributed by atoms with Crippen LogP contribution in [0.3, 0.4) is 0 Å². The van der Waals surface area contributed by atoms with E-state index >= 15 is 0 Å². The SMILES string of the molecule is CCCCN.O=C(CNC(=O)C1CCCN1)Nc1cccc(Br)c1. The van der Waals surface area contributed by atoms with E-state index in [1.54, 1.807) is 12.1 Å². The summed E-state index contributed by atoms with van der Waals surface area (Å²) in [5.41, 5.74) is 5.84. The summed E-state index contributed by atoms with van der Waals surface area (Å²) in [5, 5.41) is 8.45. The second-order valence-corrected chi connectivity index (χ2v) is 6.48. The van der Waals surface area contributed by atoms with Crippen molar-refractivity contribution in [3.8, 4) is 0 Å². The highest BCUT2D eigenvalue weighted by Gasteiger charge is 2.21. The molecule has 1 aromatic rings. The molecule has 1 atom stereocenters. The summed E-state index contributed by atoms with van der Waals surface area (Å²) < 4.78 is 0.893. The first-order valence-corrected chi connectivity index (χ1v) is 9.12. The van der Waals surface area contributed by atoms with E-state index in [0.717, 1.165) is 30.4 Å². The molecule has 0 bridgehead atoms. The Balaban J connectivity index is 0.000000505. The Bertz CT molecular complexity index is 517. The van der Waals surface area contributed by atoms with Crippen LogP contribution in [0.25, 0.3) is 0 Å². The Morgan fingerprint density at radius 1 is 1.42 bits per heavy atom. The van der Waals surface area contributed by atoms with Crippen LogP contribution in [0.5, 0.6) is 0 Å². The number of benzene rings is 1. The van der Waals surface area contributed by atoms with E-state index in [1.165, 1.54) is 12.8 Å². The first kappa shape index (κ1) is 20.6. The summed E-state index contributed by atoms with van der Waals surface area (Å²) in [7, 11) is 0. The molecule has 6 nitrogen and oxygen atoms in total. The van der Waals surface area contributed by atoms with E-state index in [2.05, 4.69) is 38.8 Å². The Morgan fingerprint density at radius 2 is 2.21 bits per heavy atom. The molecule has 1 fully saturated rings. The predicted octanol–water partition coefficient (Wildman–Crippen LogP) is 2.00. The summed E-state index contributed by atoms with van der Waals surface area (Å²) >= 11 is 3.33. The molecule has 0 saturated carbocycles. The summed E-state index contributed by atoms with van der Waals surface area (Å²) in [6.07, 6.45) is 4.22. The van der Waals surface area contributed by atoms with Gasteiger partial charge in [0.2, 0.25) is 11.8 Å². The van der Waals surface area contributed by atoms with Gasteiger partial charge in [0.15, 0.2) is 0 Å². The molecule has 0 radical (unpaired) electrons. The number of amides is 2. The van der Waals surface area contributed by atoms with E-state index in [0.29, 0.717) is 5.69 Å². The van der Waals surface area contributed by atoms with Gasteiger partial charge in [0.25, 0.3) is 0 Å². The zero-order chi connectivity index (χ0) is 17.8. The Hall–Kier alpha value is -1.44. The highest BCUT2D eigenvalue weighted by atomic mass is 79.9. The van der Waals surface area contributed by atoms with E-state index in [1.807, 2.05) is 12.1 Å². The van der Waals surface area contributed by atoms with E-state index in [-0.39, 0.29) is 24.4 Å². The Morgan fingerprint density at radius 3 is 2.75 bits per heavy atom. The fourth-order valence-electron chi connectivity index (χ4n) is 2.17. The number of unbranched alkanes of at least 4 members (excludes halogenated alkanes) is 1. The van der Waals surface area contributed by atoms with Crippen LogP contribution in [-0.2, 0) is 9.59 Å². The standard InChI is InChI=1S/C13H16BrN3O2.C4H11N/c14-9-3-1-4-10(7-9)17-12(18)8-16-13(19)11-5-2-6-15-11;1-2-3-4-5/h1,3-4,7,11,15H,2,5-6,8H2,(H,16,19)(H,17,18);2-5H2,1H3. The number of anilines is 1. The fourth-order valence-corrected chi connectivity index (χ4v) is 2.57. The topological polar surface area (TPSA) is 96.2 Å². The molecule has 24 heavy (non-hydrogen) atoms. The monoisotopic (exact) mass is 398 g/mol. The van der Waals surface area contributed by atoms with Crippen molar-refractivity contribution in [2.24, 2.45) is 5.73 Å². The van der Waals surface area contributed by atoms with Crippen LogP contribution in [0.15, 0.2) is 28.7 Å². The average molecular weight is 399 g/mol. The van der Waals surface area contributed by atoms with Gasteiger partial charge in [-0.1, -0.05) is 35.3 Å². The van der Waals surface area contributed by atoms with Crippen molar-refractivity contribution < 1.29 is 9.59 Å². The van der Waals surface area contributed by atoms with Gasteiger partial charge in [-0.2, -0.15) is 0 Å². The maximum absolute atomic E-state index is 11.7. The third kappa shape index (κ3) is 8.42. The molecule has 7 heteroatoms. The zero-order valence-electron chi connectivity index (χ0n) is 14.1. The van der Waals surface area contributed by atoms with Gasteiger partial charge in [-0.15, -0.1) is 0 Å². The highest BCUT2D eigenvalue weighted by Crippen LogP contribution is 2.15. The quantitative estimate of drug-likeness (QED) is 0.589. The summed E-state index contributed by atoms with van der Waals surface area (Å²) in [6, 6.07) is 7.16. The Labute approximate surface area is 152 Å². The van der Waals surface area contributed by atoms with Crippen LogP contribution >= 0.6 is 15.9 Å². The molecule has 0 aromatic heterocycles. The number of hydrogen-bond donors (Lipinski definition) is 4. The van der Waals surface area contributed by atoms with Gasteiger partial charge in [0.1, 0.15) is 0 Å². The number of nitrogens with two attached hydrogens (primary N) is 1. The van der Waals surface area contributed by atoms with Crippen LogP contribution in [0, 0.1) is 0 Å². The highest BCUT2D eigenvalue weighted by molar-refractivity contribution is 9.10. The molecule has 1 unspecified atom stereocenters. The maximum atomic E-state index is 11.7. The minimum atomic E-state index is -0.232. The number of nitrogens with one attached hydrogen (secondary N) is 3. The third-order valence-corrected chi connectivity index (χ3v) is 3.96. The average Bonchev–Trinajstić information content (AvgIpc) is 3.08. The minimum Gasteiger partial charge on any atom is -0.346 e. The number of carbonyl (C=O) groups is 2. The number of halogens is 1. The molecule has 134 valence electrons. The Kier molecular flexibility index (Phi) is 10.3. The molecule has 2 amide bonds. The van der Waals surface area contributed by atoms with Gasteiger partial charge in [-0.05, 0) is 50.6 Å². The molecular formula is C17H27BrN4O2. The summed E-state index contributed by atoms with van der Waals surface area (Å²) in [4.78, 5) is 23.4. The first-order chi connectivity index (χ1) is 11.6. The van der Waals surface area contributed by atoms with Crippen LogP contribution < -0.4 is 21.7 Å². The third-order valence-electron chi connectivity index (χ3n) is 3.47. The molecule has 1 aromatic carbocycles. The smallest absolute Gasteiger partial charge is 0.243 e. The van der Waals surface area contributed by atoms with E-state index in [4.69, 9.17) is 5.73 Å². The van der Waals surface area contributed by atoms with Crippen molar-refractivity contribution in [3.63, 3.8) is 0 Å². The minimum absolute atomic E-state index is 0.0104. The van der Waals surface area contributed by atoms with Crippen molar-refractivity contribution in [1.29, 1.82) is 0 Å². The van der Waals surface area contributed by atoms with Gasteiger partial charge >= 0.3 is 0 Å². The molecule has 5 N–H and O–H groups in total. The largest absolute Gasteiger partial charge is 0.346 e. The van der Waals surface area contributed by atoms with Crippen molar-refractivity contribution in [2.45, 2.75) is 38.6 Å². The molecule has 0 spiro atoms. The lowest BCUT2D eigenvalue weighted by Gasteiger charge is -2.11. The van der Waals surface area contributed by atoms with E-state index < -0.39 is 0 Å². The summed E-state index contributed by atoms with van der Waals surface area (Å²) in [6.45, 7) is 3.83. The molecular weight excluding hydrogens is 372 g/mol. The fraction of sp³-hybridized carbons (Fsp3) is 0.529. The molecule has 1 aliphatic heterocycles. The predicted molar refractivity (Wildman–Crippen MR) is 101 cm³/mol. The first-order valence-electron chi connectivity index (χ1n) is 8.33. The lowest BCUT2D eigenvalue weighted by atomic mass is 10.2. The van der Waals surface area contributed by atoms with Crippen LogP contribution in [0.2, 0.25) is 0 Å². The number of hydrogen-bond acceptors (Lipinski definition) is 4. The van der Waals surface area contributed by atoms with Gasteiger partial charge in [0.05, 0.1) is 12.6 Å². The number of carbonyl (C=O) groups excluding carboxylic acids is 2. The molecule has 1 heterocycles. The van der Waals surface area contributed by atoms with Crippen molar-refractivity contribution in [2.75, 3.05) is 25.0 Å². The number of rotatable bonds is 6. The second-order valence-electron chi connectivity index (χ2n) is 5.57. The van der Waals surface area contributed by atoms with Crippen molar-refractivity contribution >= 4 is 33.4 Å². The molecule has 1 saturated heterocycles. The van der Waals surface area contributed by atoms with Gasteiger partial charge in [-0.25, -0.2) is 0 Å².